The lowest BCUT2D eigenvalue weighted by Gasteiger charge is -2.32. The highest BCUT2D eigenvalue weighted by atomic mass is 16.3. The molecule has 1 unspecified atom stereocenters. The highest BCUT2D eigenvalue weighted by molar-refractivity contribution is 6.23. The van der Waals surface area contributed by atoms with Gasteiger partial charge in [-0.15, -0.1) is 0 Å². The first-order valence-electron chi connectivity index (χ1n) is 12.2. The fraction of sp³-hybridized carbons (Fsp3) is 0.407. The lowest BCUT2D eigenvalue weighted by molar-refractivity contribution is -0.143. The van der Waals surface area contributed by atoms with E-state index in [1.165, 1.54) is 11.3 Å². The van der Waals surface area contributed by atoms with Crippen LogP contribution in [0.1, 0.15) is 51.4 Å². The van der Waals surface area contributed by atoms with E-state index >= 15 is 0 Å². The first kappa shape index (κ1) is 21.1. The highest BCUT2D eigenvalue weighted by Gasteiger charge is 2.49. The van der Waals surface area contributed by atoms with Gasteiger partial charge in [0.1, 0.15) is 11.6 Å². The van der Waals surface area contributed by atoms with Crippen molar-refractivity contribution < 1.29 is 18.8 Å². The van der Waals surface area contributed by atoms with Crippen LogP contribution in [0.4, 0.5) is 5.69 Å². The fourth-order valence-electron chi connectivity index (χ4n) is 5.35. The van der Waals surface area contributed by atoms with E-state index in [2.05, 4.69) is 4.98 Å². The summed E-state index contributed by atoms with van der Waals surface area (Å²) in [6, 6.07) is 14.1. The van der Waals surface area contributed by atoms with Crippen LogP contribution in [0.2, 0.25) is 0 Å². The minimum Gasteiger partial charge on any atom is -0.436 e. The molecule has 1 atom stereocenters. The number of anilines is 1. The number of para-hydroxylation sites is 2. The van der Waals surface area contributed by atoms with Crippen molar-refractivity contribution in [2.24, 2.45) is 5.92 Å². The number of hydrogen-bond acceptors (Lipinski definition) is 5. The lowest BCUT2D eigenvalue weighted by Crippen LogP contribution is -2.49. The number of carbonyl (C=O) groups excluding carboxylic acids is 3. The van der Waals surface area contributed by atoms with Crippen LogP contribution in [0.15, 0.2) is 52.9 Å². The van der Waals surface area contributed by atoms with Gasteiger partial charge in [-0.25, -0.2) is 9.88 Å². The average molecular weight is 458 g/mol. The maximum absolute atomic E-state index is 13.4. The van der Waals surface area contributed by atoms with Crippen LogP contribution in [0.25, 0.3) is 22.6 Å². The summed E-state index contributed by atoms with van der Waals surface area (Å²) in [5.74, 6) is -0.00605. The van der Waals surface area contributed by atoms with Crippen molar-refractivity contribution in [2.75, 3.05) is 4.90 Å². The normalized spacial score (nSPS) is 21.4. The molecule has 1 aliphatic heterocycles. The molecular weight excluding hydrogens is 430 g/mol. The largest absolute Gasteiger partial charge is 0.436 e. The van der Waals surface area contributed by atoms with Gasteiger partial charge in [0.25, 0.3) is 5.91 Å². The summed E-state index contributed by atoms with van der Waals surface area (Å²) in [6.07, 6.45) is 6.94. The Bertz CT molecular complexity index is 1220. The first-order chi connectivity index (χ1) is 16.6. The zero-order valence-corrected chi connectivity index (χ0v) is 19.0. The molecule has 7 heteroatoms. The van der Waals surface area contributed by atoms with Gasteiger partial charge in [-0.2, -0.15) is 0 Å². The van der Waals surface area contributed by atoms with E-state index in [9.17, 15) is 14.4 Å². The monoisotopic (exact) mass is 457 g/mol. The average Bonchev–Trinajstić information content (AvgIpc) is 3.53. The molecule has 6 rings (SSSR count). The Kier molecular flexibility index (Phi) is 5.20. The van der Waals surface area contributed by atoms with Crippen molar-refractivity contribution in [1.29, 1.82) is 0 Å². The predicted octanol–water partition coefficient (Wildman–Crippen LogP) is 4.70. The number of rotatable bonds is 5. The molecule has 1 aromatic heterocycles. The van der Waals surface area contributed by atoms with Crippen LogP contribution >= 0.6 is 0 Å². The van der Waals surface area contributed by atoms with Crippen molar-refractivity contribution in [3.05, 3.63) is 48.5 Å². The van der Waals surface area contributed by atoms with E-state index in [0.29, 0.717) is 17.2 Å². The minimum absolute atomic E-state index is 0.0121. The Morgan fingerprint density at radius 2 is 1.68 bits per heavy atom. The first-order valence-corrected chi connectivity index (χ1v) is 12.2. The molecule has 0 bridgehead atoms. The highest BCUT2D eigenvalue weighted by Crippen LogP contribution is 2.37. The zero-order chi connectivity index (χ0) is 23.2. The smallest absolute Gasteiger partial charge is 0.257 e. The topological polar surface area (TPSA) is 83.7 Å². The van der Waals surface area contributed by atoms with Gasteiger partial charge in [-0.1, -0.05) is 31.4 Å². The maximum Gasteiger partial charge on any atom is 0.257 e. The summed E-state index contributed by atoms with van der Waals surface area (Å²) in [6.45, 7) is 0. The summed E-state index contributed by atoms with van der Waals surface area (Å²) < 4.78 is 5.82. The lowest BCUT2D eigenvalue weighted by atomic mass is 9.88. The summed E-state index contributed by atoms with van der Waals surface area (Å²) >= 11 is 0. The van der Waals surface area contributed by atoms with Gasteiger partial charge < -0.3 is 9.32 Å². The Morgan fingerprint density at radius 3 is 2.38 bits per heavy atom. The maximum atomic E-state index is 13.4. The van der Waals surface area contributed by atoms with Gasteiger partial charge in [-0.3, -0.25) is 14.4 Å². The molecule has 2 heterocycles. The molecule has 0 spiro atoms. The molecule has 7 nitrogen and oxygen atoms in total. The number of imide groups is 1. The summed E-state index contributed by atoms with van der Waals surface area (Å²) in [7, 11) is 0. The van der Waals surface area contributed by atoms with Gasteiger partial charge in [-0.05, 0) is 62.1 Å². The molecule has 1 saturated heterocycles. The molecule has 3 fully saturated rings. The van der Waals surface area contributed by atoms with E-state index < -0.39 is 6.04 Å². The minimum atomic E-state index is -0.689. The summed E-state index contributed by atoms with van der Waals surface area (Å²) in [5.41, 5.74) is 2.76. The number of aromatic nitrogens is 1. The van der Waals surface area contributed by atoms with Crippen LogP contribution in [0, 0.1) is 5.92 Å². The third kappa shape index (κ3) is 3.69. The number of hydrogen-bond donors (Lipinski definition) is 0. The van der Waals surface area contributed by atoms with Crippen LogP contribution in [-0.2, 0) is 14.4 Å². The van der Waals surface area contributed by atoms with Crippen molar-refractivity contribution in [1.82, 2.24) is 9.88 Å². The molecule has 2 aliphatic carbocycles. The molecular formula is C27H27N3O4. The number of carbonyl (C=O) groups is 3. The molecule has 34 heavy (non-hydrogen) atoms. The zero-order valence-electron chi connectivity index (χ0n) is 19.0. The van der Waals surface area contributed by atoms with Crippen LogP contribution < -0.4 is 4.90 Å². The SMILES string of the molecule is O=C1CC(N(C(=O)C2CCCCC2)C2CC2)C(=O)N1c1ccc(-c2nc3ccccc3o2)cc1. The van der Waals surface area contributed by atoms with E-state index in [1.54, 1.807) is 29.2 Å². The second kappa shape index (κ2) is 8.38. The Hall–Kier alpha value is -3.48. The van der Waals surface area contributed by atoms with E-state index in [0.717, 1.165) is 49.6 Å². The van der Waals surface area contributed by atoms with Crippen LogP contribution in [0.5, 0.6) is 0 Å². The van der Waals surface area contributed by atoms with Gasteiger partial charge in [0.05, 0.1) is 12.1 Å². The fourth-order valence-corrected chi connectivity index (χ4v) is 5.35. The van der Waals surface area contributed by atoms with Gasteiger partial charge >= 0.3 is 0 Å². The van der Waals surface area contributed by atoms with Crippen molar-refractivity contribution >= 4 is 34.5 Å². The number of fused-ring (bicyclic) bond motifs is 1. The van der Waals surface area contributed by atoms with Crippen molar-refractivity contribution in [2.45, 2.75) is 63.5 Å². The second-order valence-electron chi connectivity index (χ2n) is 9.63. The standard InChI is InChI=1S/C27H27N3O4/c31-24-16-22(29(19-14-15-19)26(32)18-6-2-1-3-7-18)27(33)30(24)20-12-10-17(11-13-20)25-28-21-8-4-5-9-23(21)34-25/h4-5,8-13,18-19,22H,1-3,6-7,14-16H2. The summed E-state index contributed by atoms with van der Waals surface area (Å²) in [4.78, 5) is 47.3. The van der Waals surface area contributed by atoms with Crippen LogP contribution in [-0.4, -0.2) is 39.7 Å². The molecule has 0 radical (unpaired) electrons. The number of amides is 3. The van der Waals surface area contributed by atoms with E-state index in [-0.39, 0.29) is 36.1 Å². The van der Waals surface area contributed by atoms with E-state index in [1.807, 2.05) is 24.3 Å². The second-order valence-corrected chi connectivity index (χ2v) is 9.63. The van der Waals surface area contributed by atoms with Gasteiger partial charge in [0, 0.05) is 17.5 Å². The molecule has 2 saturated carbocycles. The molecule has 3 aromatic rings. The molecule has 3 amide bonds. The summed E-state index contributed by atoms with van der Waals surface area (Å²) in [5, 5.41) is 0. The van der Waals surface area contributed by atoms with E-state index in [4.69, 9.17) is 4.42 Å². The Labute approximate surface area is 197 Å². The molecule has 2 aromatic carbocycles. The Morgan fingerprint density at radius 1 is 0.941 bits per heavy atom. The number of nitrogens with zero attached hydrogens (tertiary/aromatic N) is 3. The van der Waals surface area contributed by atoms with Gasteiger partial charge in [0.2, 0.25) is 17.7 Å². The third-order valence-electron chi connectivity index (χ3n) is 7.27. The van der Waals surface area contributed by atoms with Crippen LogP contribution in [0.3, 0.4) is 0 Å². The van der Waals surface area contributed by atoms with Crippen molar-refractivity contribution in [3.63, 3.8) is 0 Å². The molecule has 0 N–H and O–H groups in total. The predicted molar refractivity (Wildman–Crippen MR) is 127 cm³/mol. The number of oxazole rings is 1. The Balaban J connectivity index is 1.23. The molecule has 174 valence electrons. The third-order valence-corrected chi connectivity index (χ3v) is 7.27. The van der Waals surface area contributed by atoms with Gasteiger partial charge in [0.15, 0.2) is 5.58 Å². The quantitative estimate of drug-likeness (QED) is 0.519. The number of benzene rings is 2. The van der Waals surface area contributed by atoms with Crippen molar-refractivity contribution in [3.8, 4) is 11.5 Å². The molecule has 3 aliphatic rings.